The molecule has 19 heavy (non-hydrogen) atoms. The van der Waals surface area contributed by atoms with E-state index in [0.29, 0.717) is 5.69 Å². The maximum Gasteiger partial charge on any atom is 0.230 e. The van der Waals surface area contributed by atoms with Crippen LogP contribution in [-0.2, 0) is 10.2 Å². The molecule has 3 N–H and O–H groups in total. The molecule has 0 aromatic heterocycles. The Morgan fingerprint density at radius 2 is 1.58 bits per heavy atom. The third kappa shape index (κ3) is 3.49. The van der Waals surface area contributed by atoms with Gasteiger partial charge in [0.15, 0.2) is 0 Å². The summed E-state index contributed by atoms with van der Waals surface area (Å²) < 4.78 is 0. The van der Waals surface area contributed by atoms with E-state index < -0.39 is 5.41 Å². The maximum absolute atomic E-state index is 12.5. The molecule has 0 saturated heterocycles. The molecule has 0 fully saturated rings. The number of benzene rings is 1. The molecule has 0 aliphatic heterocycles. The zero-order valence-corrected chi connectivity index (χ0v) is 12.7. The van der Waals surface area contributed by atoms with Crippen LogP contribution in [0.15, 0.2) is 24.3 Å². The molecule has 0 unspecified atom stereocenters. The summed E-state index contributed by atoms with van der Waals surface area (Å²) >= 11 is 0. The first-order chi connectivity index (χ1) is 8.75. The molecule has 0 aliphatic carbocycles. The summed E-state index contributed by atoms with van der Waals surface area (Å²) in [6.07, 6.45) is 1.85. The van der Waals surface area contributed by atoms with E-state index in [-0.39, 0.29) is 11.4 Å². The van der Waals surface area contributed by atoms with Crippen molar-refractivity contribution in [3.63, 3.8) is 0 Å². The summed E-state index contributed by atoms with van der Waals surface area (Å²) in [4.78, 5) is 12.5. The number of nitrogens with two attached hydrogens (primary N) is 1. The van der Waals surface area contributed by atoms with Crippen LogP contribution in [0.1, 0.15) is 53.0 Å². The second-order valence-electron chi connectivity index (χ2n) is 5.97. The number of amides is 1. The molecule has 0 atom stereocenters. The first-order valence-corrected chi connectivity index (χ1v) is 6.94. The molecule has 1 amide bonds. The van der Waals surface area contributed by atoms with Crippen molar-refractivity contribution >= 4 is 11.6 Å². The van der Waals surface area contributed by atoms with Crippen molar-refractivity contribution < 1.29 is 4.79 Å². The van der Waals surface area contributed by atoms with Gasteiger partial charge in [-0.15, -0.1) is 0 Å². The molecule has 3 heteroatoms. The molecule has 1 rings (SSSR count). The minimum Gasteiger partial charge on any atom is -0.399 e. The molecule has 0 spiro atoms. The monoisotopic (exact) mass is 262 g/mol. The van der Waals surface area contributed by atoms with Crippen LogP contribution in [0, 0.1) is 0 Å². The molecule has 1 aromatic rings. The fourth-order valence-electron chi connectivity index (χ4n) is 1.89. The highest BCUT2D eigenvalue weighted by atomic mass is 16.2. The number of carbonyl (C=O) groups excluding carboxylic acids is 1. The van der Waals surface area contributed by atoms with Gasteiger partial charge in [-0.3, -0.25) is 4.79 Å². The Morgan fingerprint density at radius 1 is 1.11 bits per heavy atom. The SMILES string of the molecule is CCC(C)(CC)NC(=O)C(C)(C)c1ccc(N)cc1. The van der Waals surface area contributed by atoms with Crippen LogP contribution < -0.4 is 11.1 Å². The van der Waals surface area contributed by atoms with Gasteiger partial charge in [-0.2, -0.15) is 0 Å². The van der Waals surface area contributed by atoms with Gasteiger partial charge in [0.1, 0.15) is 0 Å². The Balaban J connectivity index is 2.94. The molecule has 0 aliphatic rings. The van der Waals surface area contributed by atoms with Gasteiger partial charge < -0.3 is 11.1 Å². The number of carbonyl (C=O) groups is 1. The predicted molar refractivity (Wildman–Crippen MR) is 81.0 cm³/mol. The van der Waals surface area contributed by atoms with Crippen molar-refractivity contribution in [1.82, 2.24) is 5.32 Å². The number of rotatable bonds is 5. The van der Waals surface area contributed by atoms with E-state index in [1.54, 1.807) is 0 Å². The van der Waals surface area contributed by atoms with Crippen LogP contribution in [0.5, 0.6) is 0 Å². The van der Waals surface area contributed by atoms with Crippen LogP contribution in [0.4, 0.5) is 5.69 Å². The Labute approximate surface area is 116 Å². The number of nitrogen functional groups attached to an aromatic ring is 1. The van der Waals surface area contributed by atoms with Crippen LogP contribution >= 0.6 is 0 Å². The fourth-order valence-corrected chi connectivity index (χ4v) is 1.89. The highest BCUT2D eigenvalue weighted by Crippen LogP contribution is 2.26. The smallest absolute Gasteiger partial charge is 0.230 e. The van der Waals surface area contributed by atoms with Crippen LogP contribution in [0.3, 0.4) is 0 Å². The van der Waals surface area contributed by atoms with Gasteiger partial charge in [0, 0.05) is 11.2 Å². The lowest BCUT2D eigenvalue weighted by Crippen LogP contribution is -2.51. The van der Waals surface area contributed by atoms with Gasteiger partial charge in [-0.1, -0.05) is 26.0 Å². The van der Waals surface area contributed by atoms with E-state index in [1.807, 2.05) is 38.1 Å². The van der Waals surface area contributed by atoms with Crippen molar-refractivity contribution in [2.45, 2.75) is 58.4 Å². The number of hydrogen-bond donors (Lipinski definition) is 2. The highest BCUT2D eigenvalue weighted by molar-refractivity contribution is 5.88. The summed E-state index contributed by atoms with van der Waals surface area (Å²) in [5.41, 5.74) is 6.69. The number of nitrogens with one attached hydrogen (secondary N) is 1. The second-order valence-corrected chi connectivity index (χ2v) is 5.97. The van der Waals surface area contributed by atoms with E-state index in [4.69, 9.17) is 5.73 Å². The normalized spacial score (nSPS) is 12.3. The molecule has 3 nitrogen and oxygen atoms in total. The zero-order valence-electron chi connectivity index (χ0n) is 12.7. The van der Waals surface area contributed by atoms with E-state index >= 15 is 0 Å². The third-order valence-electron chi connectivity index (χ3n) is 4.18. The summed E-state index contributed by atoms with van der Waals surface area (Å²) in [6.45, 7) is 10.2. The quantitative estimate of drug-likeness (QED) is 0.800. The molecule has 0 saturated carbocycles. The summed E-state index contributed by atoms with van der Waals surface area (Å²) in [5, 5.41) is 3.18. The lowest BCUT2D eigenvalue weighted by molar-refractivity contribution is -0.127. The Bertz CT molecular complexity index is 431. The topological polar surface area (TPSA) is 55.1 Å². The summed E-state index contributed by atoms with van der Waals surface area (Å²) in [6, 6.07) is 7.51. The van der Waals surface area contributed by atoms with Gasteiger partial charge in [0.05, 0.1) is 5.41 Å². The molecule has 106 valence electrons. The number of anilines is 1. The average molecular weight is 262 g/mol. The largest absolute Gasteiger partial charge is 0.399 e. The lowest BCUT2D eigenvalue weighted by Gasteiger charge is -2.33. The Kier molecular flexibility index (Phi) is 4.61. The highest BCUT2D eigenvalue weighted by Gasteiger charge is 2.33. The van der Waals surface area contributed by atoms with E-state index in [9.17, 15) is 4.79 Å². The van der Waals surface area contributed by atoms with Crippen LogP contribution in [0.25, 0.3) is 0 Å². The van der Waals surface area contributed by atoms with Crippen molar-refractivity contribution in [3.05, 3.63) is 29.8 Å². The Hall–Kier alpha value is -1.51. The predicted octanol–water partition coefficient (Wildman–Crippen LogP) is 3.24. The van der Waals surface area contributed by atoms with Crippen LogP contribution in [-0.4, -0.2) is 11.4 Å². The molecule has 0 radical (unpaired) electrons. The Morgan fingerprint density at radius 3 is 2.00 bits per heavy atom. The van der Waals surface area contributed by atoms with Crippen molar-refractivity contribution in [2.24, 2.45) is 0 Å². The first kappa shape index (κ1) is 15.5. The van der Waals surface area contributed by atoms with Gasteiger partial charge in [-0.25, -0.2) is 0 Å². The minimum absolute atomic E-state index is 0.0588. The summed E-state index contributed by atoms with van der Waals surface area (Å²) in [7, 11) is 0. The van der Waals surface area contributed by atoms with E-state index in [2.05, 4.69) is 26.1 Å². The molecule has 0 bridgehead atoms. The van der Waals surface area contributed by atoms with Crippen molar-refractivity contribution in [1.29, 1.82) is 0 Å². The lowest BCUT2D eigenvalue weighted by atomic mass is 9.82. The second kappa shape index (κ2) is 5.64. The molecule has 0 heterocycles. The van der Waals surface area contributed by atoms with Gasteiger partial charge in [0.25, 0.3) is 0 Å². The fraction of sp³-hybridized carbons (Fsp3) is 0.562. The standard InChI is InChI=1S/C16H26N2O/c1-6-16(5,7-2)18-14(19)15(3,4)12-8-10-13(17)11-9-12/h8-11H,6-7,17H2,1-5H3,(H,18,19). The van der Waals surface area contributed by atoms with E-state index in [1.165, 1.54) is 0 Å². The molecule has 1 aromatic carbocycles. The number of hydrogen-bond acceptors (Lipinski definition) is 2. The third-order valence-corrected chi connectivity index (χ3v) is 4.18. The van der Waals surface area contributed by atoms with Gasteiger partial charge in [0.2, 0.25) is 5.91 Å². The van der Waals surface area contributed by atoms with E-state index in [0.717, 1.165) is 18.4 Å². The minimum atomic E-state index is -0.556. The molecular weight excluding hydrogens is 236 g/mol. The maximum atomic E-state index is 12.5. The molecular formula is C16H26N2O. The van der Waals surface area contributed by atoms with Crippen molar-refractivity contribution in [2.75, 3.05) is 5.73 Å². The van der Waals surface area contributed by atoms with Gasteiger partial charge in [-0.05, 0) is 51.3 Å². The average Bonchev–Trinajstić information content (AvgIpc) is 2.39. The zero-order chi connectivity index (χ0) is 14.7. The van der Waals surface area contributed by atoms with Crippen LogP contribution in [0.2, 0.25) is 0 Å². The van der Waals surface area contributed by atoms with Gasteiger partial charge >= 0.3 is 0 Å². The van der Waals surface area contributed by atoms with Crippen molar-refractivity contribution in [3.8, 4) is 0 Å². The summed E-state index contributed by atoms with van der Waals surface area (Å²) in [5.74, 6) is 0.0588. The first-order valence-electron chi connectivity index (χ1n) is 6.94.